The van der Waals surface area contributed by atoms with Crippen LogP contribution >= 0.6 is 0 Å². The zero-order valence-electron chi connectivity index (χ0n) is 15.5. The van der Waals surface area contributed by atoms with Crippen LogP contribution in [0, 0.1) is 0 Å². The molecular formula is C20H20N2O5. The molecular weight excluding hydrogens is 348 g/mol. The minimum absolute atomic E-state index is 0.281. The third kappa shape index (κ3) is 3.57. The van der Waals surface area contributed by atoms with E-state index >= 15 is 0 Å². The highest BCUT2D eigenvalue weighted by atomic mass is 16.5. The normalized spacial score (nSPS) is 11.3. The lowest BCUT2D eigenvalue weighted by atomic mass is 10.1. The maximum Gasteiger partial charge on any atom is 0.341 e. The van der Waals surface area contributed by atoms with Gasteiger partial charge in [0.2, 0.25) is 5.75 Å². The van der Waals surface area contributed by atoms with Crippen molar-refractivity contribution in [1.82, 2.24) is 9.97 Å². The monoisotopic (exact) mass is 368 g/mol. The standard InChI is InChI=1S/C20H20N2O5/c1-24-16-10-12(11-17(25-2)18(16)26-3)9-13(20(23)27-4)19-21-14-7-5-6-8-15(14)22-19/h5-11H,1-4H3,(H,21,22)/b13-9+. The lowest BCUT2D eigenvalue weighted by Gasteiger charge is -2.13. The average Bonchev–Trinajstić information content (AvgIpc) is 3.14. The number of methoxy groups -OCH3 is 4. The van der Waals surface area contributed by atoms with Gasteiger partial charge >= 0.3 is 5.97 Å². The predicted octanol–water partition coefficient (Wildman–Crippen LogP) is 3.30. The van der Waals surface area contributed by atoms with Crippen molar-refractivity contribution in [3.05, 3.63) is 47.8 Å². The van der Waals surface area contributed by atoms with Crippen molar-refractivity contribution < 1.29 is 23.7 Å². The highest BCUT2D eigenvalue weighted by molar-refractivity contribution is 6.21. The molecule has 0 aliphatic carbocycles. The van der Waals surface area contributed by atoms with Crippen LogP contribution in [0.5, 0.6) is 17.2 Å². The zero-order valence-corrected chi connectivity index (χ0v) is 15.5. The maximum absolute atomic E-state index is 12.4. The number of hydrogen-bond acceptors (Lipinski definition) is 6. The summed E-state index contributed by atoms with van der Waals surface area (Å²) in [5, 5.41) is 0. The summed E-state index contributed by atoms with van der Waals surface area (Å²) >= 11 is 0. The van der Waals surface area contributed by atoms with E-state index in [0.717, 1.165) is 11.0 Å². The van der Waals surface area contributed by atoms with Gasteiger partial charge in [-0.25, -0.2) is 9.78 Å². The van der Waals surface area contributed by atoms with Gasteiger partial charge in [0, 0.05) is 0 Å². The molecule has 1 heterocycles. The smallest absolute Gasteiger partial charge is 0.341 e. The summed E-state index contributed by atoms with van der Waals surface area (Å²) in [5.74, 6) is 1.34. The second-order valence-corrected chi connectivity index (χ2v) is 5.61. The first-order chi connectivity index (χ1) is 13.1. The lowest BCUT2D eigenvalue weighted by molar-refractivity contribution is -0.133. The van der Waals surface area contributed by atoms with Crippen molar-refractivity contribution in [2.45, 2.75) is 0 Å². The van der Waals surface area contributed by atoms with Crippen LogP contribution in [-0.4, -0.2) is 44.4 Å². The molecule has 1 N–H and O–H groups in total. The van der Waals surface area contributed by atoms with Crippen molar-refractivity contribution in [3.63, 3.8) is 0 Å². The van der Waals surface area contributed by atoms with Crippen LogP contribution in [0.1, 0.15) is 11.4 Å². The third-order valence-electron chi connectivity index (χ3n) is 4.05. The molecule has 0 unspecified atom stereocenters. The predicted molar refractivity (Wildman–Crippen MR) is 102 cm³/mol. The number of nitrogens with zero attached hydrogens (tertiary/aromatic N) is 1. The highest BCUT2D eigenvalue weighted by Gasteiger charge is 2.19. The van der Waals surface area contributed by atoms with Crippen LogP contribution in [-0.2, 0) is 9.53 Å². The molecule has 0 saturated carbocycles. The van der Waals surface area contributed by atoms with Crippen LogP contribution in [0.2, 0.25) is 0 Å². The van der Waals surface area contributed by atoms with Gasteiger partial charge in [-0.2, -0.15) is 0 Å². The number of fused-ring (bicyclic) bond motifs is 1. The number of H-pyrrole nitrogens is 1. The summed E-state index contributed by atoms with van der Waals surface area (Å²) in [7, 11) is 5.93. The van der Waals surface area contributed by atoms with Gasteiger partial charge in [0.15, 0.2) is 11.5 Å². The third-order valence-corrected chi connectivity index (χ3v) is 4.05. The molecule has 0 radical (unpaired) electrons. The van der Waals surface area contributed by atoms with Crippen molar-refractivity contribution >= 4 is 28.7 Å². The number of aromatic nitrogens is 2. The van der Waals surface area contributed by atoms with Gasteiger partial charge in [-0.15, -0.1) is 0 Å². The second-order valence-electron chi connectivity index (χ2n) is 5.61. The molecule has 0 bridgehead atoms. The molecule has 7 nitrogen and oxygen atoms in total. The van der Waals surface area contributed by atoms with E-state index in [-0.39, 0.29) is 5.57 Å². The van der Waals surface area contributed by atoms with Crippen LogP contribution < -0.4 is 14.2 Å². The van der Waals surface area contributed by atoms with E-state index in [1.807, 2.05) is 24.3 Å². The SMILES string of the molecule is COC(=O)/C(=C/c1cc(OC)c(OC)c(OC)c1)c1nc2ccccc2[nH]1. The Morgan fingerprint density at radius 3 is 2.22 bits per heavy atom. The van der Waals surface area contributed by atoms with Crippen LogP contribution in [0.25, 0.3) is 22.7 Å². The first kappa shape index (κ1) is 18.3. The van der Waals surface area contributed by atoms with Crippen molar-refractivity contribution in [1.29, 1.82) is 0 Å². The molecule has 0 spiro atoms. The lowest BCUT2D eigenvalue weighted by Crippen LogP contribution is -2.05. The first-order valence-corrected chi connectivity index (χ1v) is 8.16. The Morgan fingerprint density at radius 2 is 1.67 bits per heavy atom. The minimum atomic E-state index is -0.511. The van der Waals surface area contributed by atoms with Crippen LogP contribution in [0.3, 0.4) is 0 Å². The van der Waals surface area contributed by atoms with E-state index < -0.39 is 5.97 Å². The molecule has 0 amide bonds. The zero-order chi connectivity index (χ0) is 19.4. The summed E-state index contributed by atoms with van der Waals surface area (Å²) in [4.78, 5) is 20.0. The molecule has 3 aromatic rings. The molecule has 0 aliphatic heterocycles. The van der Waals surface area contributed by atoms with Gasteiger partial charge < -0.3 is 23.9 Å². The Balaban J connectivity index is 2.15. The number of imidazole rings is 1. The van der Waals surface area contributed by atoms with Gasteiger partial charge in [0.05, 0.1) is 39.5 Å². The highest BCUT2D eigenvalue weighted by Crippen LogP contribution is 2.39. The second kappa shape index (κ2) is 7.82. The molecule has 0 saturated heterocycles. The van der Waals surface area contributed by atoms with E-state index in [1.54, 1.807) is 18.2 Å². The van der Waals surface area contributed by atoms with E-state index in [0.29, 0.717) is 28.6 Å². The van der Waals surface area contributed by atoms with Gasteiger partial charge in [-0.05, 0) is 35.9 Å². The van der Waals surface area contributed by atoms with E-state index in [4.69, 9.17) is 18.9 Å². The minimum Gasteiger partial charge on any atom is -0.493 e. The molecule has 0 fully saturated rings. The summed E-state index contributed by atoms with van der Waals surface area (Å²) in [6.07, 6.45) is 1.66. The largest absolute Gasteiger partial charge is 0.493 e. The van der Waals surface area contributed by atoms with Crippen molar-refractivity contribution in [2.75, 3.05) is 28.4 Å². The van der Waals surface area contributed by atoms with Crippen LogP contribution in [0.15, 0.2) is 36.4 Å². The number of benzene rings is 2. The number of para-hydroxylation sites is 2. The number of esters is 1. The molecule has 3 rings (SSSR count). The van der Waals surface area contributed by atoms with Gasteiger partial charge in [0.25, 0.3) is 0 Å². The Labute approximate surface area is 156 Å². The maximum atomic E-state index is 12.4. The number of aromatic amines is 1. The fourth-order valence-corrected chi connectivity index (χ4v) is 2.77. The number of rotatable bonds is 6. The molecule has 140 valence electrons. The molecule has 27 heavy (non-hydrogen) atoms. The fraction of sp³-hybridized carbons (Fsp3) is 0.200. The van der Waals surface area contributed by atoms with Crippen molar-refractivity contribution in [3.8, 4) is 17.2 Å². The summed E-state index contributed by atoms with van der Waals surface area (Å²) in [5.41, 5.74) is 2.53. The number of nitrogens with one attached hydrogen (secondary N) is 1. The van der Waals surface area contributed by atoms with E-state index in [9.17, 15) is 4.79 Å². The average molecular weight is 368 g/mol. The molecule has 2 aromatic carbocycles. The first-order valence-electron chi connectivity index (χ1n) is 8.16. The fourth-order valence-electron chi connectivity index (χ4n) is 2.77. The quantitative estimate of drug-likeness (QED) is 0.531. The summed E-state index contributed by atoms with van der Waals surface area (Å²) in [6.45, 7) is 0. The molecule has 0 aliphatic rings. The Hall–Kier alpha value is -3.48. The molecule has 1 aromatic heterocycles. The number of hydrogen-bond donors (Lipinski definition) is 1. The number of carbonyl (C=O) groups excluding carboxylic acids is 1. The summed E-state index contributed by atoms with van der Waals surface area (Å²) in [6, 6.07) is 11.0. The van der Waals surface area contributed by atoms with E-state index in [1.165, 1.54) is 28.4 Å². The Bertz CT molecular complexity index is 949. The van der Waals surface area contributed by atoms with Gasteiger partial charge in [-0.3, -0.25) is 0 Å². The molecule has 7 heteroatoms. The number of ether oxygens (including phenoxy) is 4. The van der Waals surface area contributed by atoms with Crippen LogP contribution in [0.4, 0.5) is 0 Å². The number of carbonyl (C=O) groups is 1. The topological polar surface area (TPSA) is 82.7 Å². The summed E-state index contributed by atoms with van der Waals surface area (Å²) < 4.78 is 21.0. The van der Waals surface area contributed by atoms with Crippen molar-refractivity contribution in [2.24, 2.45) is 0 Å². The molecule has 0 atom stereocenters. The van der Waals surface area contributed by atoms with Gasteiger partial charge in [-0.1, -0.05) is 12.1 Å². The Kier molecular flexibility index (Phi) is 5.30. The van der Waals surface area contributed by atoms with Gasteiger partial charge in [0.1, 0.15) is 11.4 Å². The Morgan fingerprint density at radius 1 is 1.00 bits per heavy atom. The van der Waals surface area contributed by atoms with E-state index in [2.05, 4.69) is 9.97 Å².